The Morgan fingerprint density at radius 2 is 2.12 bits per heavy atom. The van der Waals surface area contributed by atoms with Crippen LogP contribution >= 0.6 is 11.6 Å². The molecule has 1 rings (SSSR count). The fraction of sp³-hybridized carbons (Fsp3) is 0.222. The number of halogens is 2. The molecule has 0 aromatic heterocycles. The monoisotopic (exact) mass is 263 g/mol. The molecule has 7 heteroatoms. The zero-order valence-electron chi connectivity index (χ0n) is 7.98. The molecule has 0 aliphatic rings. The molecule has 0 atom stereocenters. The van der Waals surface area contributed by atoms with Crippen molar-refractivity contribution in [2.24, 2.45) is 0 Å². The second-order valence-electron chi connectivity index (χ2n) is 2.88. The van der Waals surface area contributed by atoms with E-state index in [9.17, 15) is 12.3 Å². The molecule has 16 heavy (non-hydrogen) atoms. The maximum Gasteiger partial charge on any atom is 0.305 e. The fourth-order valence-corrected chi connectivity index (χ4v) is 1.48. The number of rotatable bonds is 4. The molecule has 1 aromatic carbocycles. The van der Waals surface area contributed by atoms with Gasteiger partial charge in [-0.2, -0.15) is 13.7 Å². The molecule has 0 aliphatic carbocycles. The summed E-state index contributed by atoms with van der Waals surface area (Å²) in [6.45, 7) is -0.329. The van der Waals surface area contributed by atoms with E-state index in [1.54, 1.807) is 0 Å². The van der Waals surface area contributed by atoms with E-state index in [1.165, 1.54) is 18.2 Å². The molecule has 0 saturated carbocycles. The Morgan fingerprint density at radius 3 is 2.69 bits per heavy atom. The van der Waals surface area contributed by atoms with Crippen LogP contribution in [0.15, 0.2) is 18.2 Å². The number of benzene rings is 1. The molecule has 0 fully saturated rings. The predicted molar refractivity (Wildman–Crippen MR) is 56.6 cm³/mol. The van der Waals surface area contributed by atoms with Crippen LogP contribution in [-0.4, -0.2) is 20.8 Å². The topological polar surface area (TPSA) is 67.2 Å². The van der Waals surface area contributed by atoms with Crippen molar-refractivity contribution in [3.63, 3.8) is 0 Å². The Labute approximate surface area is 97.4 Å². The van der Waals surface area contributed by atoms with E-state index >= 15 is 0 Å². The van der Waals surface area contributed by atoms with Crippen LogP contribution in [0.4, 0.5) is 3.89 Å². The summed E-state index contributed by atoms with van der Waals surface area (Å²) in [5.41, 5.74) is 0.283. The quantitative estimate of drug-likeness (QED) is 0.778. The maximum atomic E-state index is 12.1. The van der Waals surface area contributed by atoms with Gasteiger partial charge in [-0.3, -0.25) is 0 Å². The average Bonchev–Trinajstić information content (AvgIpc) is 2.14. The van der Waals surface area contributed by atoms with Gasteiger partial charge in [0.05, 0.1) is 11.6 Å². The normalized spacial score (nSPS) is 10.8. The first-order valence-electron chi connectivity index (χ1n) is 4.16. The SMILES string of the molecule is N#Cc1cc(Cl)cc(OCCS(=O)(=O)F)c1. The van der Waals surface area contributed by atoms with Crippen LogP contribution in [0.1, 0.15) is 5.56 Å². The van der Waals surface area contributed by atoms with Gasteiger partial charge in [0.2, 0.25) is 0 Å². The van der Waals surface area contributed by atoms with Crippen molar-refractivity contribution in [1.82, 2.24) is 0 Å². The van der Waals surface area contributed by atoms with E-state index < -0.39 is 16.0 Å². The number of hydrogen-bond donors (Lipinski definition) is 0. The summed E-state index contributed by atoms with van der Waals surface area (Å²) >= 11 is 5.67. The lowest BCUT2D eigenvalue weighted by Gasteiger charge is -2.05. The van der Waals surface area contributed by atoms with Gasteiger partial charge in [0.15, 0.2) is 0 Å². The first kappa shape index (κ1) is 12.7. The summed E-state index contributed by atoms with van der Waals surface area (Å²) in [6, 6.07) is 6.08. The van der Waals surface area contributed by atoms with Crippen LogP contribution in [0.25, 0.3) is 0 Å². The third-order valence-corrected chi connectivity index (χ3v) is 2.47. The molecule has 0 spiro atoms. The predicted octanol–water partition coefficient (Wildman–Crippen LogP) is 1.89. The smallest absolute Gasteiger partial charge is 0.305 e. The molecule has 0 amide bonds. The van der Waals surface area contributed by atoms with Crippen LogP contribution in [0, 0.1) is 11.3 Å². The van der Waals surface area contributed by atoms with Gasteiger partial charge in [-0.05, 0) is 18.2 Å². The minimum atomic E-state index is -4.54. The first-order valence-corrected chi connectivity index (χ1v) is 6.09. The highest BCUT2D eigenvalue weighted by Gasteiger charge is 2.07. The number of nitriles is 1. The van der Waals surface area contributed by atoms with Crippen molar-refractivity contribution in [2.45, 2.75) is 0 Å². The third kappa shape index (κ3) is 4.47. The van der Waals surface area contributed by atoms with Gasteiger partial charge in [-0.25, -0.2) is 0 Å². The van der Waals surface area contributed by atoms with Crippen LogP contribution in [0.5, 0.6) is 5.75 Å². The van der Waals surface area contributed by atoms with Crippen molar-refractivity contribution < 1.29 is 17.0 Å². The van der Waals surface area contributed by atoms with Crippen LogP contribution in [0.2, 0.25) is 5.02 Å². The second kappa shape index (κ2) is 5.14. The van der Waals surface area contributed by atoms with Crippen LogP contribution < -0.4 is 4.74 Å². The highest BCUT2D eigenvalue weighted by Crippen LogP contribution is 2.20. The van der Waals surface area contributed by atoms with Gasteiger partial charge >= 0.3 is 10.2 Å². The van der Waals surface area contributed by atoms with Crippen LogP contribution in [-0.2, 0) is 10.2 Å². The zero-order chi connectivity index (χ0) is 12.2. The standard InChI is InChI=1S/C9H7ClFNO3S/c10-8-3-7(6-12)4-9(5-8)15-1-2-16(11,13)14/h3-5H,1-2H2. The minimum Gasteiger partial charge on any atom is -0.492 e. The summed E-state index contributed by atoms with van der Waals surface area (Å²) in [5.74, 6) is -0.505. The van der Waals surface area contributed by atoms with E-state index in [2.05, 4.69) is 0 Å². The minimum absolute atomic E-state index is 0.229. The Balaban J connectivity index is 2.68. The van der Waals surface area contributed by atoms with E-state index in [0.29, 0.717) is 0 Å². The zero-order valence-corrected chi connectivity index (χ0v) is 9.55. The van der Waals surface area contributed by atoms with E-state index in [-0.39, 0.29) is 22.9 Å². The van der Waals surface area contributed by atoms with Gasteiger partial charge in [0, 0.05) is 5.02 Å². The lowest BCUT2D eigenvalue weighted by Crippen LogP contribution is -2.09. The van der Waals surface area contributed by atoms with Crippen molar-refractivity contribution in [3.05, 3.63) is 28.8 Å². The lowest BCUT2D eigenvalue weighted by atomic mass is 10.2. The van der Waals surface area contributed by atoms with E-state index in [0.717, 1.165) is 0 Å². The molecular formula is C9H7ClFNO3S. The van der Waals surface area contributed by atoms with E-state index in [1.807, 2.05) is 6.07 Å². The van der Waals surface area contributed by atoms with Crippen molar-refractivity contribution in [1.29, 1.82) is 5.26 Å². The molecule has 0 saturated heterocycles. The summed E-state index contributed by atoms with van der Waals surface area (Å²) in [4.78, 5) is 0. The lowest BCUT2D eigenvalue weighted by molar-refractivity contribution is 0.339. The van der Waals surface area contributed by atoms with Crippen molar-refractivity contribution in [3.8, 4) is 11.8 Å². The summed E-state index contributed by atoms with van der Waals surface area (Å²) in [7, 11) is -4.54. The fourth-order valence-electron chi connectivity index (χ4n) is 0.970. The molecule has 0 bridgehead atoms. The van der Waals surface area contributed by atoms with Gasteiger partial charge in [0.25, 0.3) is 0 Å². The summed E-state index contributed by atoms with van der Waals surface area (Å²) in [6.07, 6.45) is 0. The van der Waals surface area contributed by atoms with Crippen LogP contribution in [0.3, 0.4) is 0 Å². The molecule has 0 aliphatic heterocycles. The molecule has 0 radical (unpaired) electrons. The number of ether oxygens (including phenoxy) is 1. The highest BCUT2D eigenvalue weighted by atomic mass is 35.5. The molecule has 0 heterocycles. The first-order chi connectivity index (χ1) is 7.40. The highest BCUT2D eigenvalue weighted by molar-refractivity contribution is 7.86. The van der Waals surface area contributed by atoms with Gasteiger partial charge < -0.3 is 4.74 Å². The Bertz CT molecular complexity index is 524. The van der Waals surface area contributed by atoms with Crippen molar-refractivity contribution in [2.75, 3.05) is 12.4 Å². The van der Waals surface area contributed by atoms with Gasteiger partial charge in [-0.1, -0.05) is 11.6 Å². The summed E-state index contributed by atoms with van der Waals surface area (Å²) < 4.78 is 37.5. The molecule has 0 unspecified atom stereocenters. The molecule has 1 aromatic rings. The van der Waals surface area contributed by atoms with Crippen molar-refractivity contribution >= 4 is 21.8 Å². The molecular weight excluding hydrogens is 257 g/mol. The summed E-state index contributed by atoms with van der Waals surface area (Å²) in [5, 5.41) is 8.91. The van der Waals surface area contributed by atoms with E-state index in [4.69, 9.17) is 21.6 Å². The molecule has 86 valence electrons. The Morgan fingerprint density at radius 1 is 1.44 bits per heavy atom. The Hall–Kier alpha value is -1.32. The maximum absolute atomic E-state index is 12.1. The number of hydrogen-bond acceptors (Lipinski definition) is 4. The number of nitrogens with zero attached hydrogens (tertiary/aromatic N) is 1. The molecule has 0 N–H and O–H groups in total. The second-order valence-corrected chi connectivity index (χ2v) is 4.80. The van der Waals surface area contributed by atoms with Gasteiger partial charge in [-0.15, -0.1) is 3.89 Å². The van der Waals surface area contributed by atoms with Gasteiger partial charge in [0.1, 0.15) is 18.1 Å². The Kier molecular flexibility index (Phi) is 4.10. The largest absolute Gasteiger partial charge is 0.492 e. The average molecular weight is 264 g/mol. The third-order valence-electron chi connectivity index (χ3n) is 1.60. The molecule has 4 nitrogen and oxygen atoms in total.